The van der Waals surface area contributed by atoms with Crippen molar-refractivity contribution in [3.8, 4) is 11.1 Å². The lowest BCUT2D eigenvalue weighted by atomic mass is 9.81. The van der Waals surface area contributed by atoms with Crippen molar-refractivity contribution in [1.29, 1.82) is 0 Å². The first-order valence-electron chi connectivity index (χ1n) is 16.5. The SMILES string of the molecule is C=C/C(=c1\c(=C)c2ccccc2n1C)N(c1cc2c(c(C=C)c1C=C)-c1ccccc1C2(C)C)c1cccc2c3ccccc3n(C)c12. The molecule has 0 radical (unpaired) electrons. The van der Waals surface area contributed by atoms with Crippen LogP contribution in [0.4, 0.5) is 11.4 Å². The van der Waals surface area contributed by atoms with Gasteiger partial charge in [0.15, 0.2) is 0 Å². The predicted molar refractivity (Wildman–Crippen MR) is 208 cm³/mol. The van der Waals surface area contributed by atoms with Gasteiger partial charge in [0.25, 0.3) is 0 Å². The van der Waals surface area contributed by atoms with Crippen LogP contribution in [0.3, 0.4) is 0 Å². The normalized spacial score (nSPS) is 13.8. The van der Waals surface area contributed by atoms with Crippen molar-refractivity contribution < 1.29 is 0 Å². The highest BCUT2D eigenvalue weighted by Gasteiger charge is 2.38. The van der Waals surface area contributed by atoms with Crippen LogP contribution in [-0.2, 0) is 19.5 Å². The third kappa shape index (κ3) is 3.82. The van der Waals surface area contributed by atoms with E-state index in [4.69, 9.17) is 0 Å². The van der Waals surface area contributed by atoms with E-state index >= 15 is 0 Å². The Labute approximate surface area is 282 Å². The van der Waals surface area contributed by atoms with Crippen molar-refractivity contribution in [2.24, 2.45) is 14.1 Å². The fourth-order valence-corrected chi connectivity index (χ4v) is 8.37. The van der Waals surface area contributed by atoms with Crippen molar-refractivity contribution in [2.45, 2.75) is 19.3 Å². The van der Waals surface area contributed by atoms with Crippen molar-refractivity contribution in [3.05, 3.63) is 156 Å². The molecular weight excluding hydrogens is 583 g/mol. The van der Waals surface area contributed by atoms with Gasteiger partial charge in [-0.3, -0.25) is 0 Å². The second-order valence-corrected chi connectivity index (χ2v) is 13.3. The summed E-state index contributed by atoms with van der Waals surface area (Å²) in [5.41, 5.74) is 13.4. The van der Waals surface area contributed by atoms with Crippen LogP contribution in [0.15, 0.2) is 123 Å². The summed E-state index contributed by atoms with van der Waals surface area (Å²) in [4.78, 5) is 2.39. The maximum absolute atomic E-state index is 4.65. The first kappa shape index (κ1) is 29.6. The van der Waals surface area contributed by atoms with E-state index in [0.29, 0.717) is 0 Å². The van der Waals surface area contributed by atoms with E-state index < -0.39 is 0 Å². The van der Waals surface area contributed by atoms with Crippen LogP contribution in [-0.4, -0.2) is 9.13 Å². The number of fused-ring (bicyclic) bond motifs is 7. The second-order valence-electron chi connectivity index (χ2n) is 13.3. The van der Waals surface area contributed by atoms with Gasteiger partial charge in [-0.05, 0) is 58.2 Å². The summed E-state index contributed by atoms with van der Waals surface area (Å²) < 4.78 is 4.56. The molecule has 0 unspecified atom stereocenters. The maximum Gasteiger partial charge on any atom is 0.0733 e. The first-order chi connectivity index (χ1) is 23.2. The lowest BCUT2D eigenvalue weighted by Gasteiger charge is -2.32. The van der Waals surface area contributed by atoms with E-state index in [2.05, 4.69) is 165 Å². The van der Waals surface area contributed by atoms with Gasteiger partial charge in [-0.15, -0.1) is 0 Å². The van der Waals surface area contributed by atoms with Crippen LogP contribution in [0, 0.1) is 0 Å². The van der Waals surface area contributed by atoms with Crippen LogP contribution in [0.5, 0.6) is 0 Å². The zero-order valence-corrected chi connectivity index (χ0v) is 28.1. The number of benzene rings is 5. The zero-order chi connectivity index (χ0) is 33.5. The highest BCUT2D eigenvalue weighted by atomic mass is 15.2. The Bertz CT molecular complexity index is 2640. The quantitative estimate of drug-likeness (QED) is 0.180. The standard InChI is InChI=1S/C45H39N3/c1-9-29-30(10-2)42-34-21-12-15-23-35(34)45(5,6)36(42)27-41(29)48(37(11-3)43-28(4)31-19-13-16-24-38(31)46(43)7)40-26-18-22-33-32-20-14-17-25-39(32)47(8)44(33)40/h9-27H,1-4H2,5-8H3/b43-37-. The average Bonchev–Trinajstić information content (AvgIpc) is 3.64. The number of hydrogen-bond acceptors (Lipinski definition) is 1. The molecule has 0 amide bonds. The fraction of sp³-hybridized carbons (Fsp3) is 0.111. The number of anilines is 2. The van der Waals surface area contributed by atoms with E-state index in [1.165, 1.54) is 38.5 Å². The summed E-state index contributed by atoms with van der Waals surface area (Å²) in [6, 6.07) is 34.9. The molecular formula is C45H39N3. The molecule has 0 bridgehead atoms. The summed E-state index contributed by atoms with van der Waals surface area (Å²) in [5.74, 6) is 0. The number of rotatable bonds is 6. The van der Waals surface area contributed by atoms with Crippen LogP contribution in [0.25, 0.3) is 68.3 Å². The van der Waals surface area contributed by atoms with Crippen molar-refractivity contribution >= 4 is 68.5 Å². The van der Waals surface area contributed by atoms with Crippen LogP contribution in [0.1, 0.15) is 36.1 Å². The van der Waals surface area contributed by atoms with Gasteiger partial charge in [0.05, 0.1) is 27.9 Å². The van der Waals surface area contributed by atoms with Crippen molar-refractivity contribution in [3.63, 3.8) is 0 Å². The molecule has 0 fully saturated rings. The Hall–Kier alpha value is -5.80. The predicted octanol–water partition coefficient (Wildman–Crippen LogP) is 9.96. The smallest absolute Gasteiger partial charge is 0.0733 e. The molecule has 48 heavy (non-hydrogen) atoms. The largest absolute Gasteiger partial charge is 0.342 e. The van der Waals surface area contributed by atoms with E-state index in [0.717, 1.165) is 55.2 Å². The molecule has 0 saturated heterocycles. The third-order valence-electron chi connectivity index (χ3n) is 10.6. The lowest BCUT2D eigenvalue weighted by Crippen LogP contribution is -2.35. The Morgan fingerprint density at radius 2 is 1.29 bits per heavy atom. The third-order valence-corrected chi connectivity index (χ3v) is 10.6. The van der Waals surface area contributed by atoms with Crippen molar-refractivity contribution in [1.82, 2.24) is 9.13 Å². The van der Waals surface area contributed by atoms with Gasteiger partial charge in [-0.2, -0.15) is 0 Å². The number of aromatic nitrogens is 2. The molecule has 234 valence electrons. The summed E-state index contributed by atoms with van der Waals surface area (Å²) in [7, 11) is 4.28. The molecule has 0 atom stereocenters. The number of hydrogen-bond donors (Lipinski definition) is 0. The van der Waals surface area contributed by atoms with Gasteiger partial charge in [-0.1, -0.05) is 125 Å². The minimum Gasteiger partial charge on any atom is -0.342 e. The van der Waals surface area contributed by atoms with E-state index in [1.54, 1.807) is 0 Å². The number of aryl methyl sites for hydroxylation is 2. The summed E-state index contributed by atoms with van der Waals surface area (Å²) >= 11 is 0. The molecule has 2 aromatic heterocycles. The molecule has 3 heteroatoms. The van der Waals surface area contributed by atoms with E-state index in [1.807, 2.05) is 18.2 Å². The Morgan fingerprint density at radius 1 is 0.667 bits per heavy atom. The van der Waals surface area contributed by atoms with Crippen molar-refractivity contribution in [2.75, 3.05) is 4.90 Å². The summed E-state index contributed by atoms with van der Waals surface area (Å²) in [6.07, 6.45) is 5.98. The van der Waals surface area contributed by atoms with E-state index in [9.17, 15) is 0 Å². The molecule has 3 nitrogen and oxygen atoms in total. The fourth-order valence-electron chi connectivity index (χ4n) is 8.37. The highest BCUT2D eigenvalue weighted by molar-refractivity contribution is 6.14. The Balaban J connectivity index is 1.59. The molecule has 2 heterocycles. The molecule has 1 aliphatic rings. The molecule has 0 N–H and O–H groups in total. The Kier molecular flexibility index (Phi) is 6.54. The topological polar surface area (TPSA) is 13.1 Å². The average molecular weight is 622 g/mol. The molecule has 0 aliphatic heterocycles. The first-order valence-corrected chi connectivity index (χ1v) is 16.5. The molecule has 1 aliphatic carbocycles. The summed E-state index contributed by atoms with van der Waals surface area (Å²) in [5, 5.41) is 5.53. The van der Waals surface area contributed by atoms with Gasteiger partial charge in [0.2, 0.25) is 0 Å². The Morgan fingerprint density at radius 3 is 1.98 bits per heavy atom. The molecule has 0 spiro atoms. The van der Waals surface area contributed by atoms with Crippen LogP contribution >= 0.6 is 0 Å². The number of nitrogens with zero attached hydrogens (tertiary/aromatic N) is 3. The van der Waals surface area contributed by atoms with Crippen LogP contribution in [0.2, 0.25) is 0 Å². The maximum atomic E-state index is 4.65. The monoisotopic (exact) mass is 621 g/mol. The molecule has 5 aromatic carbocycles. The van der Waals surface area contributed by atoms with Crippen LogP contribution < -0.4 is 15.5 Å². The molecule has 8 rings (SSSR count). The van der Waals surface area contributed by atoms with Gasteiger partial charge >= 0.3 is 0 Å². The minimum atomic E-state index is -0.221. The zero-order valence-electron chi connectivity index (χ0n) is 28.1. The minimum absolute atomic E-state index is 0.221. The van der Waals surface area contributed by atoms with Gasteiger partial charge < -0.3 is 14.0 Å². The number of para-hydroxylation sites is 3. The second kappa shape index (κ2) is 10.6. The molecule has 0 saturated carbocycles. The summed E-state index contributed by atoms with van der Waals surface area (Å²) in [6.45, 7) is 22.5. The molecule has 7 aromatic rings. The lowest BCUT2D eigenvalue weighted by molar-refractivity contribution is 0.660. The van der Waals surface area contributed by atoms with Gasteiger partial charge in [-0.25, -0.2) is 0 Å². The van der Waals surface area contributed by atoms with E-state index in [-0.39, 0.29) is 5.41 Å². The van der Waals surface area contributed by atoms with Gasteiger partial charge in [0, 0.05) is 57.5 Å². The highest BCUT2D eigenvalue weighted by Crippen LogP contribution is 2.54. The van der Waals surface area contributed by atoms with Gasteiger partial charge in [0.1, 0.15) is 0 Å².